The Balaban J connectivity index is 1.69. The standard InChI is InChI=1S/C19H19NOS/c1-13-9-11-17(12-10-13)22-15(3)18-14(2)20-19(21-18)16-7-5-4-6-8-16/h4-12,14,18H,3H2,1-2H3/t14-,18-/m1/s1. The van der Waals surface area contributed by atoms with E-state index in [2.05, 4.69) is 49.7 Å². The molecule has 2 atom stereocenters. The van der Waals surface area contributed by atoms with Gasteiger partial charge in [-0.15, -0.1) is 0 Å². The summed E-state index contributed by atoms with van der Waals surface area (Å²) in [5, 5.41) is 0. The normalized spacial score (nSPS) is 20.4. The highest BCUT2D eigenvalue weighted by Crippen LogP contribution is 2.33. The molecule has 0 spiro atoms. The van der Waals surface area contributed by atoms with Gasteiger partial charge in [0.1, 0.15) is 0 Å². The van der Waals surface area contributed by atoms with E-state index < -0.39 is 0 Å². The van der Waals surface area contributed by atoms with Crippen LogP contribution in [0.15, 0.2) is 76.0 Å². The van der Waals surface area contributed by atoms with E-state index in [0.29, 0.717) is 5.90 Å². The SMILES string of the molecule is C=C(Sc1ccc(C)cc1)[C@@H]1OC(c2ccccc2)=N[C@@H]1C. The summed E-state index contributed by atoms with van der Waals surface area (Å²) < 4.78 is 6.05. The minimum absolute atomic E-state index is 0.0819. The predicted octanol–water partition coefficient (Wildman–Crippen LogP) is 4.83. The maximum absolute atomic E-state index is 6.05. The molecule has 0 saturated carbocycles. The first-order valence-electron chi connectivity index (χ1n) is 7.36. The third-order valence-electron chi connectivity index (χ3n) is 3.61. The molecule has 2 aromatic carbocycles. The van der Waals surface area contributed by atoms with Crippen LogP contribution in [0.3, 0.4) is 0 Å². The van der Waals surface area contributed by atoms with E-state index in [1.807, 2.05) is 30.3 Å². The van der Waals surface area contributed by atoms with E-state index in [-0.39, 0.29) is 12.1 Å². The number of benzene rings is 2. The summed E-state index contributed by atoms with van der Waals surface area (Å²) in [5.41, 5.74) is 2.28. The molecule has 3 rings (SSSR count). The molecule has 112 valence electrons. The largest absolute Gasteiger partial charge is 0.466 e. The number of nitrogens with zero attached hydrogens (tertiary/aromatic N) is 1. The van der Waals surface area contributed by atoms with Gasteiger partial charge in [0.25, 0.3) is 0 Å². The molecule has 0 saturated heterocycles. The molecule has 1 aliphatic rings. The van der Waals surface area contributed by atoms with Crippen molar-refractivity contribution in [1.29, 1.82) is 0 Å². The number of rotatable bonds is 4. The average molecular weight is 309 g/mol. The van der Waals surface area contributed by atoms with Crippen molar-refractivity contribution in [2.45, 2.75) is 30.9 Å². The Morgan fingerprint density at radius 1 is 1.09 bits per heavy atom. The first kappa shape index (κ1) is 14.9. The van der Waals surface area contributed by atoms with E-state index >= 15 is 0 Å². The average Bonchev–Trinajstić information content (AvgIpc) is 2.92. The molecule has 0 aromatic heterocycles. The summed E-state index contributed by atoms with van der Waals surface area (Å²) in [6, 6.07) is 18.6. The molecule has 0 bridgehead atoms. The van der Waals surface area contributed by atoms with Gasteiger partial charge in [0.2, 0.25) is 5.90 Å². The fourth-order valence-electron chi connectivity index (χ4n) is 2.38. The maximum atomic E-state index is 6.05. The number of aryl methyl sites for hydroxylation is 1. The number of aliphatic imine (C=N–C) groups is 1. The molecular formula is C19H19NOS. The second-order valence-corrected chi connectivity index (χ2v) is 6.66. The number of hydrogen-bond acceptors (Lipinski definition) is 3. The van der Waals surface area contributed by atoms with E-state index in [1.165, 1.54) is 10.5 Å². The molecule has 0 N–H and O–H groups in total. The minimum Gasteiger partial charge on any atom is -0.466 e. The zero-order chi connectivity index (χ0) is 15.5. The summed E-state index contributed by atoms with van der Waals surface area (Å²) in [5.74, 6) is 0.712. The number of ether oxygens (including phenoxy) is 1. The third kappa shape index (κ3) is 3.25. The Labute approximate surface area is 135 Å². The van der Waals surface area contributed by atoms with Crippen LogP contribution in [0.25, 0.3) is 0 Å². The lowest BCUT2D eigenvalue weighted by molar-refractivity contribution is 0.244. The molecule has 3 heteroatoms. The second-order valence-electron chi connectivity index (χ2n) is 5.46. The zero-order valence-electron chi connectivity index (χ0n) is 12.8. The summed E-state index contributed by atoms with van der Waals surface area (Å²) in [6.45, 7) is 8.36. The lowest BCUT2D eigenvalue weighted by Gasteiger charge is -2.17. The molecule has 0 radical (unpaired) electrons. The summed E-state index contributed by atoms with van der Waals surface area (Å²) >= 11 is 1.66. The lowest BCUT2D eigenvalue weighted by atomic mass is 10.2. The third-order valence-corrected chi connectivity index (χ3v) is 4.61. The van der Waals surface area contributed by atoms with Crippen LogP contribution in [-0.4, -0.2) is 18.0 Å². The van der Waals surface area contributed by atoms with Crippen molar-refractivity contribution in [3.05, 3.63) is 77.2 Å². The van der Waals surface area contributed by atoms with Gasteiger partial charge in [-0.05, 0) is 38.1 Å². The Hall–Kier alpha value is -2.00. The van der Waals surface area contributed by atoms with Crippen LogP contribution < -0.4 is 0 Å². The van der Waals surface area contributed by atoms with Gasteiger partial charge in [-0.1, -0.05) is 54.2 Å². The van der Waals surface area contributed by atoms with Crippen LogP contribution in [0.5, 0.6) is 0 Å². The number of hydrogen-bond donors (Lipinski definition) is 0. The lowest BCUT2D eigenvalue weighted by Crippen LogP contribution is -2.20. The molecule has 22 heavy (non-hydrogen) atoms. The van der Waals surface area contributed by atoms with Crippen LogP contribution in [0, 0.1) is 6.92 Å². The predicted molar refractivity (Wildman–Crippen MR) is 93.5 cm³/mol. The molecule has 0 aliphatic carbocycles. The molecule has 1 aliphatic heterocycles. The van der Waals surface area contributed by atoms with Crippen molar-refractivity contribution in [3.8, 4) is 0 Å². The van der Waals surface area contributed by atoms with Crippen molar-refractivity contribution in [3.63, 3.8) is 0 Å². The van der Waals surface area contributed by atoms with Crippen LogP contribution in [0.1, 0.15) is 18.1 Å². The molecule has 1 heterocycles. The quantitative estimate of drug-likeness (QED) is 0.754. The molecule has 2 nitrogen and oxygen atoms in total. The van der Waals surface area contributed by atoms with Crippen molar-refractivity contribution < 1.29 is 4.74 Å². The first-order valence-corrected chi connectivity index (χ1v) is 8.18. The molecule has 0 amide bonds. The highest BCUT2D eigenvalue weighted by Gasteiger charge is 2.30. The van der Waals surface area contributed by atoms with Crippen LogP contribution >= 0.6 is 11.8 Å². The second kappa shape index (κ2) is 6.41. The topological polar surface area (TPSA) is 21.6 Å². The molecule has 2 aromatic rings. The highest BCUT2D eigenvalue weighted by molar-refractivity contribution is 8.03. The minimum atomic E-state index is -0.0819. The van der Waals surface area contributed by atoms with Crippen molar-refractivity contribution >= 4 is 17.7 Å². The van der Waals surface area contributed by atoms with Gasteiger partial charge in [-0.25, -0.2) is 4.99 Å². The van der Waals surface area contributed by atoms with Gasteiger partial charge in [-0.2, -0.15) is 0 Å². The Morgan fingerprint density at radius 2 is 1.77 bits per heavy atom. The van der Waals surface area contributed by atoms with E-state index in [1.54, 1.807) is 11.8 Å². The van der Waals surface area contributed by atoms with Crippen molar-refractivity contribution in [2.24, 2.45) is 4.99 Å². The fraction of sp³-hybridized carbons (Fsp3) is 0.211. The van der Waals surface area contributed by atoms with Gasteiger partial charge in [-0.3, -0.25) is 0 Å². The highest BCUT2D eigenvalue weighted by atomic mass is 32.2. The Morgan fingerprint density at radius 3 is 2.45 bits per heavy atom. The van der Waals surface area contributed by atoms with E-state index in [0.717, 1.165) is 10.5 Å². The van der Waals surface area contributed by atoms with Crippen LogP contribution in [0.2, 0.25) is 0 Å². The van der Waals surface area contributed by atoms with Gasteiger partial charge in [0, 0.05) is 15.4 Å². The summed E-state index contributed by atoms with van der Waals surface area (Å²) in [6.07, 6.45) is -0.0819. The van der Waals surface area contributed by atoms with Crippen molar-refractivity contribution in [2.75, 3.05) is 0 Å². The van der Waals surface area contributed by atoms with E-state index in [9.17, 15) is 0 Å². The summed E-state index contributed by atoms with van der Waals surface area (Å²) in [7, 11) is 0. The smallest absolute Gasteiger partial charge is 0.217 e. The van der Waals surface area contributed by atoms with Crippen LogP contribution in [-0.2, 0) is 4.74 Å². The summed E-state index contributed by atoms with van der Waals surface area (Å²) in [4.78, 5) is 6.81. The first-order chi connectivity index (χ1) is 10.6. The fourth-order valence-corrected chi connectivity index (χ4v) is 3.31. The van der Waals surface area contributed by atoms with Crippen LogP contribution in [0.4, 0.5) is 0 Å². The molecule has 0 fully saturated rings. The van der Waals surface area contributed by atoms with Crippen molar-refractivity contribution in [1.82, 2.24) is 0 Å². The van der Waals surface area contributed by atoms with Gasteiger partial charge >= 0.3 is 0 Å². The zero-order valence-corrected chi connectivity index (χ0v) is 13.6. The van der Waals surface area contributed by atoms with Gasteiger partial charge in [0.05, 0.1) is 6.04 Å². The van der Waals surface area contributed by atoms with E-state index in [4.69, 9.17) is 4.74 Å². The maximum Gasteiger partial charge on any atom is 0.217 e. The van der Waals surface area contributed by atoms with Gasteiger partial charge in [0.15, 0.2) is 6.10 Å². The number of thioether (sulfide) groups is 1. The Bertz CT molecular complexity index is 691. The Kier molecular flexibility index (Phi) is 4.34. The monoisotopic (exact) mass is 309 g/mol. The van der Waals surface area contributed by atoms with Gasteiger partial charge < -0.3 is 4.74 Å². The molecule has 0 unspecified atom stereocenters. The molecular weight excluding hydrogens is 290 g/mol.